The molecule has 0 saturated carbocycles. The molecule has 0 spiro atoms. The summed E-state index contributed by atoms with van der Waals surface area (Å²) in [6.45, 7) is 6.55. The number of anilines is 1. The van der Waals surface area contributed by atoms with Crippen LogP contribution in [0.3, 0.4) is 0 Å². The van der Waals surface area contributed by atoms with E-state index in [2.05, 4.69) is 60.2 Å². The van der Waals surface area contributed by atoms with E-state index < -0.39 is 0 Å². The number of hydrogen-bond donors (Lipinski definition) is 1. The van der Waals surface area contributed by atoms with E-state index in [4.69, 9.17) is 0 Å². The van der Waals surface area contributed by atoms with E-state index in [9.17, 15) is 5.26 Å². The van der Waals surface area contributed by atoms with Gasteiger partial charge in [0.25, 0.3) is 0 Å². The Labute approximate surface area is 134 Å². The molecule has 0 heterocycles. The normalized spacial score (nSPS) is 12.5. The van der Waals surface area contributed by atoms with Crippen LogP contribution in [0.2, 0.25) is 0 Å². The van der Waals surface area contributed by atoms with Gasteiger partial charge in [-0.05, 0) is 34.7 Å². The fourth-order valence-corrected chi connectivity index (χ4v) is 2.51. The van der Waals surface area contributed by atoms with Crippen molar-refractivity contribution in [3.8, 4) is 6.07 Å². The lowest BCUT2D eigenvalue weighted by molar-refractivity contribution is 0.590. The minimum Gasteiger partial charge on any atom is -0.366 e. The van der Waals surface area contributed by atoms with Crippen molar-refractivity contribution in [1.82, 2.24) is 0 Å². The molecule has 0 amide bonds. The average molecular weight is 343 g/mol. The zero-order chi connectivity index (χ0) is 15.5. The van der Waals surface area contributed by atoms with Gasteiger partial charge >= 0.3 is 0 Å². The van der Waals surface area contributed by atoms with Gasteiger partial charge in [0, 0.05) is 10.2 Å². The summed E-state index contributed by atoms with van der Waals surface area (Å²) in [7, 11) is 0. The fraction of sp³-hybridized carbons (Fsp3) is 0.278. The summed E-state index contributed by atoms with van der Waals surface area (Å²) in [4.78, 5) is 0. The van der Waals surface area contributed by atoms with Crippen LogP contribution < -0.4 is 5.32 Å². The highest BCUT2D eigenvalue weighted by atomic mass is 79.9. The predicted molar refractivity (Wildman–Crippen MR) is 91.3 cm³/mol. The molecule has 1 atom stereocenters. The summed E-state index contributed by atoms with van der Waals surface area (Å²) < 4.78 is 0.993. The second kappa shape index (κ2) is 6.32. The number of nitriles is 1. The van der Waals surface area contributed by atoms with E-state index >= 15 is 0 Å². The van der Waals surface area contributed by atoms with Crippen LogP contribution in [0, 0.1) is 11.3 Å². The molecule has 2 rings (SSSR count). The van der Waals surface area contributed by atoms with Gasteiger partial charge in [-0.25, -0.2) is 0 Å². The summed E-state index contributed by atoms with van der Waals surface area (Å²) >= 11 is 3.44. The monoisotopic (exact) mass is 342 g/mol. The van der Waals surface area contributed by atoms with Gasteiger partial charge in [0.15, 0.2) is 0 Å². The molecule has 0 aliphatic carbocycles. The maximum Gasteiger partial charge on any atom is 0.140 e. The molecule has 108 valence electrons. The third kappa shape index (κ3) is 4.09. The molecule has 0 fully saturated rings. The third-order valence-corrected chi connectivity index (χ3v) is 3.87. The van der Waals surface area contributed by atoms with Crippen molar-refractivity contribution in [3.05, 3.63) is 64.1 Å². The molecular weight excluding hydrogens is 324 g/mol. The van der Waals surface area contributed by atoms with Crippen LogP contribution in [0.5, 0.6) is 0 Å². The van der Waals surface area contributed by atoms with Crippen molar-refractivity contribution in [3.63, 3.8) is 0 Å². The molecule has 0 bridgehead atoms. The van der Waals surface area contributed by atoms with Gasteiger partial charge in [0.2, 0.25) is 0 Å². The first-order chi connectivity index (χ1) is 9.90. The number of benzene rings is 2. The molecule has 3 heteroatoms. The molecule has 2 aromatic carbocycles. The summed E-state index contributed by atoms with van der Waals surface area (Å²) in [6, 6.07) is 18.1. The summed E-state index contributed by atoms with van der Waals surface area (Å²) in [5.41, 5.74) is 3.30. The Bertz CT molecular complexity index is 648. The van der Waals surface area contributed by atoms with Gasteiger partial charge in [-0.15, -0.1) is 0 Å². The van der Waals surface area contributed by atoms with E-state index in [1.54, 1.807) is 0 Å². The quantitative estimate of drug-likeness (QED) is 0.807. The Kier molecular flexibility index (Phi) is 4.69. The predicted octanol–water partition coefficient (Wildman–Crippen LogP) is 5.42. The van der Waals surface area contributed by atoms with E-state index in [0.717, 1.165) is 15.7 Å². The van der Waals surface area contributed by atoms with Crippen molar-refractivity contribution in [2.24, 2.45) is 0 Å². The van der Waals surface area contributed by atoms with Gasteiger partial charge in [0.1, 0.15) is 6.04 Å². The molecule has 2 aromatic rings. The lowest BCUT2D eigenvalue weighted by Gasteiger charge is -2.20. The smallest absolute Gasteiger partial charge is 0.140 e. The maximum atomic E-state index is 9.42. The third-order valence-electron chi connectivity index (χ3n) is 3.37. The van der Waals surface area contributed by atoms with Gasteiger partial charge in [0.05, 0.1) is 6.07 Å². The number of nitrogens with one attached hydrogen (secondary N) is 1. The zero-order valence-electron chi connectivity index (χ0n) is 12.5. The summed E-state index contributed by atoms with van der Waals surface area (Å²) in [6.07, 6.45) is 0. The van der Waals surface area contributed by atoms with E-state index in [1.807, 2.05) is 36.4 Å². The molecule has 1 unspecified atom stereocenters. The van der Waals surface area contributed by atoms with Crippen LogP contribution in [0.1, 0.15) is 37.9 Å². The van der Waals surface area contributed by atoms with Gasteiger partial charge in [-0.1, -0.05) is 67.0 Å². The van der Waals surface area contributed by atoms with Crippen LogP contribution in [0.4, 0.5) is 5.69 Å². The zero-order valence-corrected chi connectivity index (χ0v) is 14.1. The standard InChI is InChI=1S/C18H19BrN2/c1-18(2,3)14-9-7-13(8-10-14)17(12-20)21-16-6-4-5-15(19)11-16/h4-11,17,21H,1-3H3. The Morgan fingerprint density at radius 3 is 2.29 bits per heavy atom. The van der Waals surface area contributed by atoms with Crippen molar-refractivity contribution in [2.45, 2.75) is 32.2 Å². The molecule has 0 saturated heterocycles. The summed E-state index contributed by atoms with van der Waals surface area (Å²) in [5, 5.41) is 12.7. The highest BCUT2D eigenvalue weighted by Gasteiger charge is 2.15. The van der Waals surface area contributed by atoms with Crippen LogP contribution in [0.15, 0.2) is 53.0 Å². The maximum absolute atomic E-state index is 9.42. The Hall–Kier alpha value is -1.79. The van der Waals surface area contributed by atoms with Crippen LogP contribution in [-0.2, 0) is 5.41 Å². The number of rotatable bonds is 3. The van der Waals surface area contributed by atoms with Crippen molar-refractivity contribution >= 4 is 21.6 Å². The number of hydrogen-bond acceptors (Lipinski definition) is 2. The van der Waals surface area contributed by atoms with Gasteiger partial charge in [-0.2, -0.15) is 5.26 Å². The largest absolute Gasteiger partial charge is 0.366 e. The second-order valence-corrected chi connectivity index (χ2v) is 7.00. The first-order valence-electron chi connectivity index (χ1n) is 6.92. The average Bonchev–Trinajstić information content (AvgIpc) is 2.44. The second-order valence-electron chi connectivity index (χ2n) is 6.09. The fourth-order valence-electron chi connectivity index (χ4n) is 2.11. The molecule has 0 aromatic heterocycles. The van der Waals surface area contributed by atoms with E-state index in [1.165, 1.54) is 5.56 Å². The molecule has 21 heavy (non-hydrogen) atoms. The molecular formula is C18H19BrN2. The lowest BCUT2D eigenvalue weighted by Crippen LogP contribution is -2.12. The molecule has 1 N–H and O–H groups in total. The first-order valence-corrected chi connectivity index (χ1v) is 7.71. The van der Waals surface area contributed by atoms with E-state index in [0.29, 0.717) is 0 Å². The Morgan fingerprint density at radius 2 is 1.76 bits per heavy atom. The minimum atomic E-state index is -0.353. The topological polar surface area (TPSA) is 35.8 Å². The van der Waals surface area contributed by atoms with Crippen molar-refractivity contribution in [1.29, 1.82) is 5.26 Å². The molecule has 0 radical (unpaired) electrons. The minimum absolute atomic E-state index is 0.123. The highest BCUT2D eigenvalue weighted by Crippen LogP contribution is 2.26. The van der Waals surface area contributed by atoms with Gasteiger partial charge in [-0.3, -0.25) is 0 Å². The molecule has 0 aliphatic heterocycles. The lowest BCUT2D eigenvalue weighted by atomic mass is 9.86. The molecule has 2 nitrogen and oxygen atoms in total. The van der Waals surface area contributed by atoms with Crippen molar-refractivity contribution in [2.75, 3.05) is 5.32 Å². The van der Waals surface area contributed by atoms with Gasteiger partial charge < -0.3 is 5.32 Å². The first kappa shape index (κ1) is 15.6. The number of halogens is 1. The Balaban J connectivity index is 2.20. The van der Waals surface area contributed by atoms with Crippen LogP contribution in [-0.4, -0.2) is 0 Å². The number of nitrogens with zero attached hydrogens (tertiary/aromatic N) is 1. The summed E-state index contributed by atoms with van der Waals surface area (Å²) in [5.74, 6) is 0. The Morgan fingerprint density at radius 1 is 1.10 bits per heavy atom. The van der Waals surface area contributed by atoms with Crippen LogP contribution in [0.25, 0.3) is 0 Å². The van der Waals surface area contributed by atoms with Crippen LogP contribution >= 0.6 is 15.9 Å². The highest BCUT2D eigenvalue weighted by molar-refractivity contribution is 9.10. The SMILES string of the molecule is CC(C)(C)c1ccc(C(C#N)Nc2cccc(Br)c2)cc1. The molecule has 0 aliphatic rings. The van der Waals surface area contributed by atoms with Crippen molar-refractivity contribution < 1.29 is 0 Å². The van der Waals surface area contributed by atoms with E-state index in [-0.39, 0.29) is 11.5 Å².